The number of rotatable bonds is 5. The predicted molar refractivity (Wildman–Crippen MR) is 73.6 cm³/mol. The SMILES string of the molecule is CCNCc1c(F)cccc1Sc1nnc(C)n1C. The molecule has 1 N–H and O–H groups in total. The molecule has 1 aromatic heterocycles. The first kappa shape index (κ1) is 14.0. The molecule has 0 aliphatic carbocycles. The van der Waals surface area contributed by atoms with Crippen molar-refractivity contribution in [1.29, 1.82) is 0 Å². The zero-order valence-corrected chi connectivity index (χ0v) is 12.1. The summed E-state index contributed by atoms with van der Waals surface area (Å²) >= 11 is 1.44. The predicted octanol–water partition coefficient (Wildman–Crippen LogP) is 2.52. The average molecular weight is 280 g/mol. The molecule has 0 amide bonds. The van der Waals surface area contributed by atoms with Crippen molar-refractivity contribution in [3.05, 3.63) is 35.4 Å². The zero-order valence-electron chi connectivity index (χ0n) is 11.3. The molecule has 0 spiro atoms. The van der Waals surface area contributed by atoms with Crippen LogP contribution in [0.1, 0.15) is 18.3 Å². The van der Waals surface area contributed by atoms with E-state index in [0.717, 1.165) is 22.4 Å². The van der Waals surface area contributed by atoms with Crippen LogP contribution in [0.3, 0.4) is 0 Å². The Balaban J connectivity index is 2.29. The Morgan fingerprint density at radius 1 is 1.37 bits per heavy atom. The first-order chi connectivity index (χ1) is 9.13. The number of aryl methyl sites for hydroxylation is 1. The van der Waals surface area contributed by atoms with Gasteiger partial charge in [0, 0.05) is 24.1 Å². The summed E-state index contributed by atoms with van der Waals surface area (Å²) in [6.07, 6.45) is 0. The molecule has 0 bridgehead atoms. The Kier molecular flexibility index (Phi) is 4.55. The summed E-state index contributed by atoms with van der Waals surface area (Å²) in [5.74, 6) is 0.650. The van der Waals surface area contributed by atoms with E-state index in [4.69, 9.17) is 0 Å². The first-order valence-corrected chi connectivity index (χ1v) is 6.97. The Morgan fingerprint density at radius 2 is 2.16 bits per heavy atom. The van der Waals surface area contributed by atoms with E-state index in [2.05, 4.69) is 15.5 Å². The van der Waals surface area contributed by atoms with Gasteiger partial charge in [-0.25, -0.2) is 4.39 Å². The molecule has 0 saturated carbocycles. The van der Waals surface area contributed by atoms with Crippen molar-refractivity contribution in [3.63, 3.8) is 0 Å². The highest BCUT2D eigenvalue weighted by Crippen LogP contribution is 2.30. The van der Waals surface area contributed by atoms with E-state index in [1.54, 1.807) is 6.07 Å². The third-order valence-electron chi connectivity index (χ3n) is 2.88. The van der Waals surface area contributed by atoms with Crippen molar-refractivity contribution in [1.82, 2.24) is 20.1 Å². The second-order valence-electron chi connectivity index (χ2n) is 4.19. The molecule has 0 atom stereocenters. The molecule has 4 nitrogen and oxygen atoms in total. The van der Waals surface area contributed by atoms with E-state index in [9.17, 15) is 4.39 Å². The van der Waals surface area contributed by atoms with Gasteiger partial charge in [0.2, 0.25) is 0 Å². The van der Waals surface area contributed by atoms with Gasteiger partial charge in [-0.05, 0) is 37.4 Å². The number of nitrogens with one attached hydrogen (secondary N) is 1. The maximum atomic E-state index is 13.9. The highest BCUT2D eigenvalue weighted by molar-refractivity contribution is 7.99. The normalized spacial score (nSPS) is 10.9. The van der Waals surface area contributed by atoms with Gasteiger partial charge < -0.3 is 9.88 Å². The van der Waals surface area contributed by atoms with Crippen molar-refractivity contribution >= 4 is 11.8 Å². The van der Waals surface area contributed by atoms with Crippen LogP contribution < -0.4 is 5.32 Å². The molecule has 0 aliphatic heterocycles. The van der Waals surface area contributed by atoms with Crippen LogP contribution in [0, 0.1) is 12.7 Å². The number of hydrogen-bond acceptors (Lipinski definition) is 4. The summed E-state index contributed by atoms with van der Waals surface area (Å²) in [7, 11) is 1.90. The van der Waals surface area contributed by atoms with Gasteiger partial charge in [0.1, 0.15) is 11.6 Å². The monoisotopic (exact) mass is 280 g/mol. The Bertz CT molecular complexity index is 568. The van der Waals surface area contributed by atoms with Crippen molar-refractivity contribution < 1.29 is 4.39 Å². The minimum atomic E-state index is -0.190. The minimum absolute atomic E-state index is 0.190. The molecular formula is C13H17FN4S. The van der Waals surface area contributed by atoms with Crippen LogP contribution in [0.4, 0.5) is 4.39 Å². The molecule has 19 heavy (non-hydrogen) atoms. The summed E-state index contributed by atoms with van der Waals surface area (Å²) in [5, 5.41) is 12.0. The largest absolute Gasteiger partial charge is 0.313 e. The van der Waals surface area contributed by atoms with E-state index >= 15 is 0 Å². The third kappa shape index (κ3) is 3.13. The summed E-state index contributed by atoms with van der Waals surface area (Å²) < 4.78 is 15.8. The number of aromatic nitrogens is 3. The van der Waals surface area contributed by atoms with Gasteiger partial charge in [-0.2, -0.15) is 0 Å². The van der Waals surface area contributed by atoms with Crippen LogP contribution in [0.2, 0.25) is 0 Å². The zero-order chi connectivity index (χ0) is 13.8. The van der Waals surface area contributed by atoms with Gasteiger partial charge in [-0.15, -0.1) is 10.2 Å². The second kappa shape index (κ2) is 6.16. The summed E-state index contributed by atoms with van der Waals surface area (Å²) in [4.78, 5) is 0.872. The summed E-state index contributed by atoms with van der Waals surface area (Å²) in [5.41, 5.74) is 0.676. The van der Waals surface area contributed by atoms with Crippen LogP contribution in [0.25, 0.3) is 0 Å². The highest BCUT2D eigenvalue weighted by atomic mass is 32.2. The topological polar surface area (TPSA) is 42.7 Å². The number of benzene rings is 1. The van der Waals surface area contributed by atoms with Gasteiger partial charge in [-0.3, -0.25) is 0 Å². The van der Waals surface area contributed by atoms with E-state index in [-0.39, 0.29) is 5.82 Å². The second-order valence-corrected chi connectivity index (χ2v) is 5.20. The Hall–Kier alpha value is -1.40. The fourth-order valence-corrected chi connectivity index (χ4v) is 2.62. The first-order valence-electron chi connectivity index (χ1n) is 6.15. The van der Waals surface area contributed by atoms with Crippen LogP contribution >= 0.6 is 11.8 Å². The lowest BCUT2D eigenvalue weighted by Crippen LogP contribution is -2.13. The smallest absolute Gasteiger partial charge is 0.195 e. The summed E-state index contributed by atoms with van der Waals surface area (Å²) in [6.45, 7) is 5.21. The van der Waals surface area contributed by atoms with Crippen molar-refractivity contribution in [3.8, 4) is 0 Å². The standard InChI is InChI=1S/C13H17FN4S/c1-4-15-8-10-11(14)6-5-7-12(10)19-13-17-16-9(2)18(13)3/h5-7,15H,4,8H2,1-3H3. The van der Waals surface area contributed by atoms with Crippen molar-refractivity contribution in [2.45, 2.75) is 30.4 Å². The molecule has 0 unspecified atom stereocenters. The maximum Gasteiger partial charge on any atom is 0.195 e. The molecule has 1 heterocycles. The van der Waals surface area contributed by atoms with Crippen LogP contribution in [0.5, 0.6) is 0 Å². The molecule has 0 saturated heterocycles. The molecular weight excluding hydrogens is 263 g/mol. The maximum absolute atomic E-state index is 13.9. The van der Waals surface area contributed by atoms with E-state index < -0.39 is 0 Å². The van der Waals surface area contributed by atoms with Gasteiger partial charge in [0.15, 0.2) is 5.16 Å². The quantitative estimate of drug-likeness (QED) is 0.914. The Morgan fingerprint density at radius 3 is 2.79 bits per heavy atom. The van der Waals surface area contributed by atoms with E-state index in [0.29, 0.717) is 12.1 Å². The molecule has 2 aromatic rings. The molecule has 0 fully saturated rings. The number of halogens is 1. The molecule has 0 radical (unpaired) electrons. The fraction of sp³-hybridized carbons (Fsp3) is 0.385. The van der Waals surface area contributed by atoms with Gasteiger partial charge in [0.05, 0.1) is 0 Å². The van der Waals surface area contributed by atoms with Gasteiger partial charge in [0.25, 0.3) is 0 Å². The molecule has 1 aromatic carbocycles. The minimum Gasteiger partial charge on any atom is -0.313 e. The molecule has 6 heteroatoms. The van der Waals surface area contributed by atoms with Gasteiger partial charge in [-0.1, -0.05) is 13.0 Å². The number of hydrogen-bond donors (Lipinski definition) is 1. The van der Waals surface area contributed by atoms with Gasteiger partial charge >= 0.3 is 0 Å². The lowest BCUT2D eigenvalue weighted by Gasteiger charge is -2.10. The molecule has 102 valence electrons. The number of nitrogens with zero attached hydrogens (tertiary/aromatic N) is 3. The highest BCUT2D eigenvalue weighted by Gasteiger charge is 2.13. The van der Waals surface area contributed by atoms with E-state index in [1.807, 2.05) is 31.5 Å². The lowest BCUT2D eigenvalue weighted by molar-refractivity contribution is 0.585. The van der Waals surface area contributed by atoms with Crippen molar-refractivity contribution in [2.75, 3.05) is 6.54 Å². The van der Waals surface area contributed by atoms with Crippen LogP contribution in [-0.4, -0.2) is 21.3 Å². The molecule has 0 aliphatic rings. The van der Waals surface area contributed by atoms with Crippen molar-refractivity contribution in [2.24, 2.45) is 7.05 Å². The van der Waals surface area contributed by atoms with E-state index in [1.165, 1.54) is 17.8 Å². The average Bonchev–Trinajstić information content (AvgIpc) is 2.70. The lowest BCUT2D eigenvalue weighted by atomic mass is 10.2. The Labute approximate surface area is 116 Å². The summed E-state index contributed by atoms with van der Waals surface area (Å²) in [6, 6.07) is 5.11. The molecule has 2 rings (SSSR count). The fourth-order valence-electron chi connectivity index (χ4n) is 1.63. The van der Waals surface area contributed by atoms with Crippen LogP contribution in [0.15, 0.2) is 28.3 Å². The van der Waals surface area contributed by atoms with Crippen LogP contribution in [-0.2, 0) is 13.6 Å². The third-order valence-corrected chi connectivity index (χ3v) is 4.02.